The summed E-state index contributed by atoms with van der Waals surface area (Å²) in [7, 11) is 1.90. The third kappa shape index (κ3) is 3.06. The van der Waals surface area contributed by atoms with E-state index in [9.17, 15) is 9.90 Å². The van der Waals surface area contributed by atoms with Gasteiger partial charge in [-0.1, -0.05) is 24.3 Å². The van der Waals surface area contributed by atoms with Crippen LogP contribution in [0.3, 0.4) is 0 Å². The zero-order valence-corrected chi connectivity index (χ0v) is 15.3. The number of nitrogens with one attached hydrogen (secondary N) is 1. The fourth-order valence-electron chi connectivity index (χ4n) is 3.36. The summed E-state index contributed by atoms with van der Waals surface area (Å²) in [5, 5.41) is 13.3. The van der Waals surface area contributed by atoms with Gasteiger partial charge in [0.15, 0.2) is 5.11 Å². The molecule has 0 saturated carbocycles. The van der Waals surface area contributed by atoms with Crippen LogP contribution in [-0.2, 0) is 0 Å². The van der Waals surface area contributed by atoms with E-state index in [4.69, 9.17) is 16.6 Å². The van der Waals surface area contributed by atoms with Gasteiger partial charge in [-0.15, -0.1) is 0 Å². The van der Waals surface area contributed by atoms with E-state index >= 15 is 0 Å². The number of carbonyl (C=O) groups is 1. The van der Waals surface area contributed by atoms with Crippen LogP contribution in [0.1, 0.15) is 33.9 Å². The Morgan fingerprint density at radius 2 is 1.96 bits per heavy atom. The van der Waals surface area contributed by atoms with Gasteiger partial charge in [-0.25, -0.2) is 4.79 Å². The molecule has 1 aromatic carbocycles. The van der Waals surface area contributed by atoms with Crippen molar-refractivity contribution >= 4 is 23.3 Å². The predicted octanol–water partition coefficient (Wildman–Crippen LogP) is 3.64. The van der Waals surface area contributed by atoms with Crippen molar-refractivity contribution in [2.24, 2.45) is 0 Å². The van der Waals surface area contributed by atoms with Crippen molar-refractivity contribution in [3.8, 4) is 11.3 Å². The van der Waals surface area contributed by atoms with Gasteiger partial charge in [0.1, 0.15) is 17.6 Å². The van der Waals surface area contributed by atoms with Crippen LogP contribution in [-0.4, -0.2) is 33.1 Å². The molecule has 3 aromatic rings. The van der Waals surface area contributed by atoms with Crippen molar-refractivity contribution in [2.45, 2.75) is 12.1 Å². The minimum atomic E-state index is -0.990. The molecule has 0 radical (unpaired) electrons. The van der Waals surface area contributed by atoms with E-state index < -0.39 is 5.97 Å². The average molecular weight is 379 g/mol. The summed E-state index contributed by atoms with van der Waals surface area (Å²) in [6.07, 6.45) is 1.74. The van der Waals surface area contributed by atoms with Crippen LogP contribution in [0.5, 0.6) is 0 Å². The lowest BCUT2D eigenvalue weighted by atomic mass is 10.0. The second-order valence-electron chi connectivity index (χ2n) is 6.29. The summed E-state index contributed by atoms with van der Waals surface area (Å²) in [5.41, 5.74) is 1.60. The molecule has 3 heterocycles. The lowest BCUT2D eigenvalue weighted by Gasteiger charge is -2.21. The van der Waals surface area contributed by atoms with E-state index in [2.05, 4.69) is 10.3 Å². The van der Waals surface area contributed by atoms with Crippen LogP contribution in [0.4, 0.5) is 0 Å². The number of hydrogen-bond acceptors (Lipinski definition) is 4. The summed E-state index contributed by atoms with van der Waals surface area (Å²) in [6, 6.07) is 15.8. The van der Waals surface area contributed by atoms with Crippen LogP contribution in [0.15, 0.2) is 65.2 Å². The molecular formula is C20H17N3O3S. The molecule has 0 bridgehead atoms. The second kappa shape index (κ2) is 6.85. The topological polar surface area (TPSA) is 78.6 Å². The van der Waals surface area contributed by atoms with Crippen LogP contribution < -0.4 is 5.32 Å². The molecule has 2 atom stereocenters. The minimum Gasteiger partial charge on any atom is -0.478 e. The predicted molar refractivity (Wildman–Crippen MR) is 104 cm³/mol. The monoisotopic (exact) mass is 379 g/mol. The van der Waals surface area contributed by atoms with Crippen LogP contribution in [0.2, 0.25) is 0 Å². The minimum absolute atomic E-state index is 0.155. The van der Waals surface area contributed by atoms with Gasteiger partial charge in [0.25, 0.3) is 0 Å². The van der Waals surface area contributed by atoms with E-state index in [1.54, 1.807) is 36.5 Å². The van der Waals surface area contributed by atoms with Gasteiger partial charge in [0.05, 0.1) is 17.3 Å². The van der Waals surface area contributed by atoms with Gasteiger partial charge in [0.2, 0.25) is 0 Å². The highest BCUT2D eigenvalue weighted by Gasteiger charge is 2.39. The fraction of sp³-hybridized carbons (Fsp3) is 0.150. The summed E-state index contributed by atoms with van der Waals surface area (Å²) in [6.45, 7) is 0. The van der Waals surface area contributed by atoms with Gasteiger partial charge < -0.3 is 19.7 Å². The summed E-state index contributed by atoms with van der Waals surface area (Å²) in [5.74, 6) is 0.209. The lowest BCUT2D eigenvalue weighted by molar-refractivity contribution is 0.0697. The number of pyridine rings is 1. The molecule has 1 aliphatic heterocycles. The van der Waals surface area contributed by atoms with Gasteiger partial charge >= 0.3 is 5.97 Å². The number of carboxylic acids is 1. The Balaban J connectivity index is 1.74. The molecule has 2 aromatic heterocycles. The second-order valence-corrected chi connectivity index (χ2v) is 6.68. The molecular weight excluding hydrogens is 362 g/mol. The first kappa shape index (κ1) is 17.2. The molecule has 7 heteroatoms. The SMILES string of the molecule is CN1C(=S)N[C@H](c2ccccn2)[C@H]1c1ccc(-c2ccccc2C(=O)O)o1. The third-order valence-corrected chi connectivity index (χ3v) is 5.09. The zero-order valence-electron chi connectivity index (χ0n) is 14.5. The first-order valence-corrected chi connectivity index (χ1v) is 8.84. The molecule has 136 valence electrons. The number of rotatable bonds is 4. The number of benzene rings is 1. The number of likely N-dealkylation sites (N-methyl/N-ethyl adjacent to an activating group) is 1. The van der Waals surface area contributed by atoms with Crippen molar-refractivity contribution in [3.05, 3.63) is 77.8 Å². The Labute approximate surface area is 161 Å². The molecule has 27 heavy (non-hydrogen) atoms. The molecule has 1 fully saturated rings. The fourth-order valence-corrected chi connectivity index (χ4v) is 3.60. The van der Waals surface area contributed by atoms with Crippen molar-refractivity contribution < 1.29 is 14.3 Å². The zero-order chi connectivity index (χ0) is 19.0. The highest BCUT2D eigenvalue weighted by molar-refractivity contribution is 7.80. The molecule has 0 aliphatic carbocycles. The molecule has 6 nitrogen and oxygen atoms in total. The molecule has 0 amide bonds. The van der Waals surface area contributed by atoms with Crippen LogP contribution in [0, 0.1) is 0 Å². The van der Waals surface area contributed by atoms with Gasteiger partial charge in [-0.3, -0.25) is 4.98 Å². The molecule has 2 N–H and O–H groups in total. The molecule has 0 unspecified atom stereocenters. The average Bonchev–Trinajstić information content (AvgIpc) is 3.27. The summed E-state index contributed by atoms with van der Waals surface area (Å²) < 4.78 is 6.08. The first-order valence-electron chi connectivity index (χ1n) is 8.43. The van der Waals surface area contributed by atoms with Gasteiger partial charge in [0, 0.05) is 18.8 Å². The normalized spacial score (nSPS) is 19.1. The van der Waals surface area contributed by atoms with Crippen LogP contribution in [0.25, 0.3) is 11.3 Å². The molecule has 1 saturated heterocycles. The van der Waals surface area contributed by atoms with Crippen LogP contribution >= 0.6 is 12.2 Å². The Hall–Kier alpha value is -3.19. The largest absolute Gasteiger partial charge is 0.478 e. The van der Waals surface area contributed by atoms with E-state index in [0.717, 1.165) is 5.69 Å². The van der Waals surface area contributed by atoms with Gasteiger partial charge in [-0.2, -0.15) is 0 Å². The quantitative estimate of drug-likeness (QED) is 0.670. The van der Waals surface area contributed by atoms with E-state index in [1.165, 1.54) is 0 Å². The smallest absolute Gasteiger partial charge is 0.336 e. The highest BCUT2D eigenvalue weighted by Crippen LogP contribution is 2.39. The van der Waals surface area contributed by atoms with Crippen molar-refractivity contribution in [2.75, 3.05) is 7.05 Å². The maximum absolute atomic E-state index is 11.5. The number of carboxylic acid groups (broad SMARTS) is 1. The van der Waals surface area contributed by atoms with Crippen molar-refractivity contribution in [1.29, 1.82) is 0 Å². The maximum Gasteiger partial charge on any atom is 0.336 e. The standard InChI is InChI=1S/C20H17N3O3S/c1-23-18(17(22-20(23)27)14-8-4-5-11-21-14)16-10-9-15(26-16)12-6-2-3-7-13(12)19(24)25/h2-11,17-18H,1H3,(H,22,27)(H,24,25)/t17-,18-/m1/s1. The van der Waals surface area contributed by atoms with Crippen molar-refractivity contribution in [3.63, 3.8) is 0 Å². The van der Waals surface area contributed by atoms with E-state index in [1.807, 2.05) is 36.2 Å². The molecule has 1 aliphatic rings. The number of thiocarbonyl (C=S) groups is 1. The molecule has 4 rings (SSSR count). The number of aromatic carboxylic acids is 1. The van der Waals surface area contributed by atoms with Crippen molar-refractivity contribution in [1.82, 2.24) is 15.2 Å². The Bertz CT molecular complexity index is 1000. The Morgan fingerprint density at radius 3 is 2.70 bits per heavy atom. The number of nitrogens with zero attached hydrogens (tertiary/aromatic N) is 2. The Morgan fingerprint density at radius 1 is 1.19 bits per heavy atom. The summed E-state index contributed by atoms with van der Waals surface area (Å²) >= 11 is 5.42. The maximum atomic E-state index is 11.5. The lowest BCUT2D eigenvalue weighted by Crippen LogP contribution is -2.24. The number of hydrogen-bond donors (Lipinski definition) is 2. The molecule has 0 spiro atoms. The Kier molecular flexibility index (Phi) is 4.37. The number of aromatic nitrogens is 1. The summed E-state index contributed by atoms with van der Waals surface area (Å²) in [4.78, 5) is 17.9. The third-order valence-electron chi connectivity index (χ3n) is 4.68. The van der Waals surface area contributed by atoms with E-state index in [0.29, 0.717) is 22.2 Å². The first-order chi connectivity index (χ1) is 13.1. The highest BCUT2D eigenvalue weighted by atomic mass is 32.1. The number of furan rings is 1. The van der Waals surface area contributed by atoms with Gasteiger partial charge in [-0.05, 0) is 42.5 Å². The van der Waals surface area contributed by atoms with E-state index in [-0.39, 0.29) is 17.6 Å².